The van der Waals surface area contributed by atoms with Crippen molar-refractivity contribution in [2.75, 3.05) is 0 Å². The van der Waals surface area contributed by atoms with Gasteiger partial charge in [0.1, 0.15) is 5.76 Å². The van der Waals surface area contributed by atoms with Crippen LogP contribution in [-0.2, 0) is 19.3 Å². The molecule has 0 unspecified atom stereocenters. The summed E-state index contributed by atoms with van der Waals surface area (Å²) in [5.41, 5.74) is 4.88. The molecule has 0 aliphatic carbocycles. The zero-order chi connectivity index (χ0) is 13.2. The molecule has 0 spiro atoms. The molecule has 0 bridgehead atoms. The van der Waals surface area contributed by atoms with Crippen molar-refractivity contribution >= 4 is 10.9 Å². The number of hydrogen-bond acceptors (Lipinski definition) is 2. The van der Waals surface area contributed by atoms with Crippen LogP contribution in [0.1, 0.15) is 29.6 Å². The molecule has 19 heavy (non-hydrogen) atoms. The van der Waals surface area contributed by atoms with Gasteiger partial charge in [-0.1, -0.05) is 24.2 Å². The highest BCUT2D eigenvalue weighted by molar-refractivity contribution is 5.81. The highest BCUT2D eigenvalue weighted by Crippen LogP contribution is 2.18. The molecule has 98 valence electrons. The van der Waals surface area contributed by atoms with Gasteiger partial charge < -0.3 is 9.51 Å². The first-order valence-electron chi connectivity index (χ1n) is 6.77. The number of H-pyrrole nitrogens is 1. The Balaban J connectivity index is 1.77. The van der Waals surface area contributed by atoms with Crippen molar-refractivity contribution in [2.45, 2.75) is 33.1 Å². The molecule has 0 aliphatic heterocycles. The maximum absolute atomic E-state index is 5.08. The van der Waals surface area contributed by atoms with Gasteiger partial charge in [0, 0.05) is 17.3 Å². The normalized spacial score (nSPS) is 11.3. The summed E-state index contributed by atoms with van der Waals surface area (Å²) in [5.74, 6) is 0.877. The lowest BCUT2D eigenvalue weighted by Crippen LogP contribution is -1.91. The van der Waals surface area contributed by atoms with E-state index in [1.807, 2.05) is 13.0 Å². The average Bonchev–Trinajstić information content (AvgIpc) is 3.01. The number of aryl methyl sites for hydroxylation is 4. The van der Waals surface area contributed by atoms with Crippen molar-refractivity contribution in [3.63, 3.8) is 0 Å². The Kier molecular flexibility index (Phi) is 3.11. The van der Waals surface area contributed by atoms with E-state index >= 15 is 0 Å². The van der Waals surface area contributed by atoms with Gasteiger partial charge in [-0.05, 0) is 49.3 Å². The van der Waals surface area contributed by atoms with Gasteiger partial charge in [-0.3, -0.25) is 0 Å². The Hall–Kier alpha value is -2.03. The molecular weight excluding hydrogens is 236 g/mol. The van der Waals surface area contributed by atoms with Crippen LogP contribution in [0, 0.1) is 6.92 Å². The van der Waals surface area contributed by atoms with E-state index in [-0.39, 0.29) is 0 Å². The second-order valence-corrected chi connectivity index (χ2v) is 5.00. The maximum Gasteiger partial charge on any atom is 0.133 e. The molecule has 0 aliphatic rings. The fourth-order valence-electron chi connectivity index (χ4n) is 2.39. The molecule has 3 heteroatoms. The number of aromatic amines is 1. The molecule has 0 saturated heterocycles. The molecule has 1 aromatic carbocycles. The van der Waals surface area contributed by atoms with E-state index in [2.05, 4.69) is 41.3 Å². The third-order valence-electron chi connectivity index (χ3n) is 3.47. The Labute approximate surface area is 112 Å². The van der Waals surface area contributed by atoms with Gasteiger partial charge >= 0.3 is 0 Å². The highest BCUT2D eigenvalue weighted by Gasteiger charge is 2.04. The van der Waals surface area contributed by atoms with Crippen molar-refractivity contribution in [1.29, 1.82) is 0 Å². The summed E-state index contributed by atoms with van der Waals surface area (Å²) in [7, 11) is 0. The number of nitrogens with zero attached hydrogens (tertiary/aromatic N) is 1. The van der Waals surface area contributed by atoms with Crippen molar-refractivity contribution in [1.82, 2.24) is 10.1 Å². The van der Waals surface area contributed by atoms with Crippen molar-refractivity contribution < 1.29 is 4.52 Å². The molecule has 0 amide bonds. The summed E-state index contributed by atoms with van der Waals surface area (Å²) >= 11 is 0. The standard InChI is InChI=1S/C16H18N2O/c1-3-14-10-13-6-4-12(9-16(13)17-14)5-7-15-8-11(2)19-18-15/h4,6,8-10,17H,3,5,7H2,1-2H3. The lowest BCUT2D eigenvalue weighted by atomic mass is 10.1. The Morgan fingerprint density at radius 2 is 2.05 bits per heavy atom. The largest absolute Gasteiger partial charge is 0.361 e. The number of nitrogens with one attached hydrogen (secondary N) is 1. The fraction of sp³-hybridized carbons (Fsp3) is 0.312. The van der Waals surface area contributed by atoms with E-state index in [4.69, 9.17) is 4.52 Å². The predicted molar refractivity (Wildman–Crippen MR) is 76.3 cm³/mol. The number of aromatic nitrogens is 2. The molecular formula is C16H18N2O. The SMILES string of the molecule is CCc1cc2ccc(CCc3cc(C)on3)cc2[nH]1. The van der Waals surface area contributed by atoms with Crippen molar-refractivity contribution in [3.8, 4) is 0 Å². The Morgan fingerprint density at radius 3 is 2.79 bits per heavy atom. The predicted octanol–water partition coefficient (Wildman–Crippen LogP) is 3.81. The van der Waals surface area contributed by atoms with Gasteiger partial charge in [0.2, 0.25) is 0 Å². The van der Waals surface area contributed by atoms with Crippen molar-refractivity contribution in [3.05, 3.63) is 53.0 Å². The Bertz CT molecular complexity index is 694. The highest BCUT2D eigenvalue weighted by atomic mass is 16.5. The van der Waals surface area contributed by atoms with E-state index in [1.54, 1.807) is 0 Å². The average molecular weight is 254 g/mol. The first kappa shape index (κ1) is 12.0. The minimum atomic E-state index is 0.877. The number of rotatable bonds is 4. The van der Waals surface area contributed by atoms with Crippen LogP contribution < -0.4 is 0 Å². The summed E-state index contributed by atoms with van der Waals surface area (Å²) in [6.45, 7) is 4.09. The molecule has 3 nitrogen and oxygen atoms in total. The molecule has 0 atom stereocenters. The van der Waals surface area contributed by atoms with E-state index in [1.165, 1.54) is 22.2 Å². The van der Waals surface area contributed by atoms with Crippen molar-refractivity contribution in [2.24, 2.45) is 0 Å². The summed E-state index contributed by atoms with van der Waals surface area (Å²) in [4.78, 5) is 3.45. The maximum atomic E-state index is 5.08. The van der Waals surface area contributed by atoms with E-state index in [0.29, 0.717) is 0 Å². The molecule has 2 aromatic heterocycles. The van der Waals surface area contributed by atoms with Gasteiger partial charge in [-0.25, -0.2) is 0 Å². The Morgan fingerprint density at radius 1 is 1.16 bits per heavy atom. The molecule has 0 radical (unpaired) electrons. The van der Waals surface area contributed by atoms with Crippen LogP contribution in [0.3, 0.4) is 0 Å². The minimum Gasteiger partial charge on any atom is -0.361 e. The zero-order valence-corrected chi connectivity index (χ0v) is 11.4. The second kappa shape index (κ2) is 4.92. The van der Waals surface area contributed by atoms with Crippen LogP contribution in [0.2, 0.25) is 0 Å². The third kappa shape index (κ3) is 2.55. The molecule has 0 saturated carbocycles. The first-order chi connectivity index (χ1) is 9.24. The van der Waals surface area contributed by atoms with Crippen LogP contribution in [0.4, 0.5) is 0 Å². The molecule has 3 rings (SSSR count). The zero-order valence-electron chi connectivity index (χ0n) is 11.4. The quantitative estimate of drug-likeness (QED) is 0.769. The lowest BCUT2D eigenvalue weighted by Gasteiger charge is -1.99. The third-order valence-corrected chi connectivity index (χ3v) is 3.47. The topological polar surface area (TPSA) is 41.8 Å². The summed E-state index contributed by atoms with van der Waals surface area (Å²) < 4.78 is 5.08. The molecule has 2 heterocycles. The summed E-state index contributed by atoms with van der Waals surface area (Å²) in [6.07, 6.45) is 2.95. The first-order valence-corrected chi connectivity index (χ1v) is 6.77. The number of hydrogen-bond donors (Lipinski definition) is 1. The lowest BCUT2D eigenvalue weighted by molar-refractivity contribution is 0.390. The molecule has 0 fully saturated rings. The van der Waals surface area contributed by atoms with Crippen LogP contribution >= 0.6 is 0 Å². The van der Waals surface area contributed by atoms with E-state index < -0.39 is 0 Å². The number of benzene rings is 1. The number of fused-ring (bicyclic) bond motifs is 1. The molecule has 3 aromatic rings. The monoisotopic (exact) mass is 254 g/mol. The summed E-state index contributed by atoms with van der Waals surface area (Å²) in [6, 6.07) is 10.8. The van der Waals surface area contributed by atoms with E-state index in [0.717, 1.165) is 30.7 Å². The van der Waals surface area contributed by atoms with Gasteiger partial charge in [-0.2, -0.15) is 0 Å². The minimum absolute atomic E-state index is 0.877. The van der Waals surface area contributed by atoms with Crippen LogP contribution in [0.5, 0.6) is 0 Å². The van der Waals surface area contributed by atoms with Gasteiger partial charge in [-0.15, -0.1) is 0 Å². The van der Waals surface area contributed by atoms with Gasteiger partial charge in [0.25, 0.3) is 0 Å². The molecule has 1 N–H and O–H groups in total. The van der Waals surface area contributed by atoms with E-state index in [9.17, 15) is 0 Å². The van der Waals surface area contributed by atoms with Crippen LogP contribution in [0.15, 0.2) is 34.9 Å². The second-order valence-electron chi connectivity index (χ2n) is 5.00. The summed E-state index contributed by atoms with van der Waals surface area (Å²) in [5, 5.41) is 5.32. The fourth-order valence-corrected chi connectivity index (χ4v) is 2.39. The van der Waals surface area contributed by atoms with Crippen LogP contribution in [0.25, 0.3) is 10.9 Å². The van der Waals surface area contributed by atoms with Crippen LogP contribution in [-0.4, -0.2) is 10.1 Å². The smallest absolute Gasteiger partial charge is 0.133 e. The van der Waals surface area contributed by atoms with Gasteiger partial charge in [0.15, 0.2) is 0 Å². The van der Waals surface area contributed by atoms with Gasteiger partial charge in [0.05, 0.1) is 5.69 Å².